The Balaban J connectivity index is 1.81. The van der Waals surface area contributed by atoms with Gasteiger partial charge in [0.15, 0.2) is 0 Å². The molecule has 0 bridgehead atoms. The summed E-state index contributed by atoms with van der Waals surface area (Å²) in [4.78, 5) is 4.18. The van der Waals surface area contributed by atoms with E-state index in [9.17, 15) is 0 Å². The predicted octanol–water partition coefficient (Wildman–Crippen LogP) is 3.06. The van der Waals surface area contributed by atoms with Crippen LogP contribution in [0.4, 0.5) is 0 Å². The number of furan rings is 1. The first-order valence-corrected chi connectivity index (χ1v) is 6.61. The fourth-order valence-corrected chi connectivity index (χ4v) is 1.68. The first kappa shape index (κ1) is 13.6. The van der Waals surface area contributed by atoms with Crippen LogP contribution in [-0.2, 0) is 13.2 Å². The third-order valence-electron chi connectivity index (χ3n) is 2.71. The Labute approximate surface area is 113 Å². The number of aromatic nitrogens is 1. The fourth-order valence-electron chi connectivity index (χ4n) is 1.68. The van der Waals surface area contributed by atoms with Gasteiger partial charge in [-0.25, -0.2) is 0 Å². The molecule has 19 heavy (non-hydrogen) atoms. The average Bonchev–Trinajstić information content (AvgIpc) is 2.86. The summed E-state index contributed by atoms with van der Waals surface area (Å²) in [6, 6.07) is 7.77. The summed E-state index contributed by atoms with van der Waals surface area (Å²) in [6.45, 7) is 6.29. The van der Waals surface area contributed by atoms with Crippen LogP contribution >= 0.6 is 0 Å². The molecule has 0 amide bonds. The number of hydrogen-bond acceptors (Lipinski definition) is 4. The molecule has 102 valence electrons. The van der Waals surface area contributed by atoms with Crippen molar-refractivity contribution < 1.29 is 9.15 Å². The van der Waals surface area contributed by atoms with Gasteiger partial charge in [-0.2, -0.15) is 0 Å². The van der Waals surface area contributed by atoms with Crippen molar-refractivity contribution in [2.75, 3.05) is 6.54 Å². The largest absolute Gasteiger partial charge is 0.484 e. The van der Waals surface area contributed by atoms with Gasteiger partial charge in [-0.1, -0.05) is 6.92 Å². The van der Waals surface area contributed by atoms with Gasteiger partial charge in [-0.15, -0.1) is 0 Å². The second-order valence-electron chi connectivity index (χ2n) is 4.47. The van der Waals surface area contributed by atoms with Crippen molar-refractivity contribution in [2.45, 2.75) is 33.4 Å². The second kappa shape index (κ2) is 6.95. The average molecular weight is 260 g/mol. The highest BCUT2D eigenvalue weighted by Crippen LogP contribution is 2.13. The van der Waals surface area contributed by atoms with Crippen LogP contribution in [0.2, 0.25) is 0 Å². The zero-order valence-electron chi connectivity index (χ0n) is 11.5. The number of nitrogens with one attached hydrogen (secondary N) is 1. The Morgan fingerprint density at radius 1 is 1.21 bits per heavy atom. The Kier molecular flexibility index (Phi) is 4.98. The molecule has 0 saturated heterocycles. The van der Waals surface area contributed by atoms with Crippen LogP contribution in [0.25, 0.3) is 0 Å². The van der Waals surface area contributed by atoms with Crippen molar-refractivity contribution in [3.63, 3.8) is 0 Å². The van der Waals surface area contributed by atoms with Crippen molar-refractivity contribution in [1.29, 1.82) is 0 Å². The smallest absolute Gasteiger partial charge is 0.146 e. The minimum atomic E-state index is 0.429. The van der Waals surface area contributed by atoms with Gasteiger partial charge in [-0.3, -0.25) is 4.98 Å². The number of ether oxygens (including phenoxy) is 1. The molecule has 0 aliphatic carbocycles. The quantitative estimate of drug-likeness (QED) is 0.777. The van der Waals surface area contributed by atoms with Crippen LogP contribution in [0.15, 0.2) is 34.9 Å². The maximum atomic E-state index is 5.67. The summed E-state index contributed by atoms with van der Waals surface area (Å²) in [5, 5.41) is 3.30. The van der Waals surface area contributed by atoms with Gasteiger partial charge in [0.25, 0.3) is 0 Å². The van der Waals surface area contributed by atoms with Crippen molar-refractivity contribution in [1.82, 2.24) is 10.3 Å². The molecule has 4 heteroatoms. The van der Waals surface area contributed by atoms with Crippen molar-refractivity contribution in [3.8, 4) is 5.75 Å². The number of rotatable bonds is 7. The van der Waals surface area contributed by atoms with Gasteiger partial charge >= 0.3 is 0 Å². The minimum Gasteiger partial charge on any atom is -0.484 e. The Hall–Kier alpha value is -1.81. The van der Waals surface area contributed by atoms with Crippen LogP contribution in [-0.4, -0.2) is 11.5 Å². The van der Waals surface area contributed by atoms with Gasteiger partial charge < -0.3 is 14.5 Å². The summed E-state index contributed by atoms with van der Waals surface area (Å²) >= 11 is 0. The van der Waals surface area contributed by atoms with E-state index in [0.717, 1.165) is 42.5 Å². The van der Waals surface area contributed by atoms with Crippen LogP contribution < -0.4 is 10.1 Å². The molecule has 0 radical (unpaired) electrons. The molecule has 0 spiro atoms. The van der Waals surface area contributed by atoms with Crippen LogP contribution in [0.1, 0.15) is 30.6 Å². The Morgan fingerprint density at radius 2 is 2.05 bits per heavy atom. The molecule has 2 rings (SSSR count). The highest BCUT2D eigenvalue weighted by molar-refractivity contribution is 5.19. The van der Waals surface area contributed by atoms with Crippen LogP contribution in [0.5, 0.6) is 5.75 Å². The molecule has 0 aliphatic rings. The molecule has 0 atom stereocenters. The standard InChI is InChI=1S/C15H20N2O2/c1-3-8-16-9-14-6-7-15(19-14)11-18-13-5-4-12(2)17-10-13/h4-7,10,16H,3,8-9,11H2,1-2H3. The lowest BCUT2D eigenvalue weighted by Gasteiger charge is -2.04. The molecule has 0 unspecified atom stereocenters. The maximum Gasteiger partial charge on any atom is 0.146 e. The second-order valence-corrected chi connectivity index (χ2v) is 4.47. The van der Waals surface area contributed by atoms with E-state index in [1.807, 2.05) is 31.2 Å². The monoisotopic (exact) mass is 260 g/mol. The lowest BCUT2D eigenvalue weighted by atomic mass is 10.4. The number of nitrogens with zero attached hydrogens (tertiary/aromatic N) is 1. The molecule has 0 aliphatic heterocycles. The topological polar surface area (TPSA) is 47.3 Å². The van der Waals surface area contributed by atoms with Crippen molar-refractivity contribution >= 4 is 0 Å². The van der Waals surface area contributed by atoms with E-state index in [2.05, 4.69) is 17.2 Å². The van der Waals surface area contributed by atoms with Gasteiger partial charge in [0.1, 0.15) is 23.9 Å². The zero-order valence-corrected chi connectivity index (χ0v) is 11.5. The summed E-state index contributed by atoms with van der Waals surface area (Å²) < 4.78 is 11.3. The SMILES string of the molecule is CCCNCc1ccc(COc2ccc(C)nc2)o1. The molecule has 0 fully saturated rings. The third kappa shape index (κ3) is 4.41. The predicted molar refractivity (Wildman–Crippen MR) is 74.0 cm³/mol. The molecule has 2 aromatic rings. The lowest BCUT2D eigenvalue weighted by molar-refractivity contribution is 0.264. The zero-order chi connectivity index (χ0) is 13.5. The summed E-state index contributed by atoms with van der Waals surface area (Å²) in [5.41, 5.74) is 0.981. The molecule has 2 aromatic heterocycles. The van der Waals surface area contributed by atoms with Crippen molar-refractivity contribution in [3.05, 3.63) is 47.7 Å². The van der Waals surface area contributed by atoms with Crippen LogP contribution in [0, 0.1) is 6.92 Å². The third-order valence-corrected chi connectivity index (χ3v) is 2.71. The maximum absolute atomic E-state index is 5.67. The molecule has 0 saturated carbocycles. The summed E-state index contributed by atoms with van der Waals surface area (Å²) in [6.07, 6.45) is 2.85. The first-order chi connectivity index (χ1) is 9.28. The van der Waals surface area contributed by atoms with E-state index in [0.29, 0.717) is 6.61 Å². The van der Waals surface area contributed by atoms with E-state index in [-0.39, 0.29) is 0 Å². The van der Waals surface area contributed by atoms with E-state index in [1.165, 1.54) is 0 Å². The number of hydrogen-bond donors (Lipinski definition) is 1. The highest BCUT2D eigenvalue weighted by atomic mass is 16.5. The fraction of sp³-hybridized carbons (Fsp3) is 0.400. The van der Waals surface area contributed by atoms with Gasteiger partial charge in [0.05, 0.1) is 12.7 Å². The van der Waals surface area contributed by atoms with E-state index in [4.69, 9.17) is 9.15 Å². The Morgan fingerprint density at radius 3 is 2.79 bits per heavy atom. The van der Waals surface area contributed by atoms with E-state index < -0.39 is 0 Å². The molecule has 0 aromatic carbocycles. The van der Waals surface area contributed by atoms with E-state index in [1.54, 1.807) is 6.20 Å². The summed E-state index contributed by atoms with van der Waals surface area (Å²) in [5.74, 6) is 2.52. The Bertz CT molecular complexity index is 491. The van der Waals surface area contributed by atoms with Gasteiger partial charge in [0, 0.05) is 5.69 Å². The number of pyridine rings is 1. The van der Waals surface area contributed by atoms with Crippen LogP contribution in [0.3, 0.4) is 0 Å². The molecular formula is C15H20N2O2. The lowest BCUT2D eigenvalue weighted by Crippen LogP contribution is -2.13. The normalized spacial score (nSPS) is 10.6. The van der Waals surface area contributed by atoms with E-state index >= 15 is 0 Å². The highest BCUT2D eigenvalue weighted by Gasteiger charge is 2.03. The first-order valence-electron chi connectivity index (χ1n) is 6.61. The van der Waals surface area contributed by atoms with Crippen molar-refractivity contribution in [2.24, 2.45) is 0 Å². The molecule has 1 N–H and O–H groups in total. The van der Waals surface area contributed by atoms with Gasteiger partial charge in [0.2, 0.25) is 0 Å². The molecular weight excluding hydrogens is 240 g/mol. The molecule has 4 nitrogen and oxygen atoms in total. The number of aryl methyl sites for hydroxylation is 1. The van der Waals surface area contributed by atoms with Gasteiger partial charge in [-0.05, 0) is 44.2 Å². The summed E-state index contributed by atoms with van der Waals surface area (Å²) in [7, 11) is 0. The molecule has 2 heterocycles. The minimum absolute atomic E-state index is 0.429.